The van der Waals surface area contributed by atoms with E-state index in [0.29, 0.717) is 10.6 Å². The minimum Gasteiger partial charge on any atom is -0.477 e. The summed E-state index contributed by atoms with van der Waals surface area (Å²) in [7, 11) is 0. The highest BCUT2D eigenvalue weighted by Gasteiger charge is 2.12. The highest BCUT2D eigenvalue weighted by atomic mass is 32.2. The van der Waals surface area contributed by atoms with Gasteiger partial charge in [-0.2, -0.15) is 0 Å². The van der Waals surface area contributed by atoms with E-state index in [2.05, 4.69) is 9.97 Å². The number of carboxylic acid groups (broad SMARTS) is 1. The van der Waals surface area contributed by atoms with Gasteiger partial charge in [-0.05, 0) is 23.1 Å². The molecule has 3 rings (SSSR count). The third-order valence-corrected chi connectivity index (χ3v) is 4.81. The maximum absolute atomic E-state index is 11.1. The summed E-state index contributed by atoms with van der Waals surface area (Å²) in [5.41, 5.74) is 1.73. The average Bonchev–Trinajstić information content (AvgIpc) is 2.93. The van der Waals surface area contributed by atoms with E-state index in [1.165, 1.54) is 29.4 Å². The summed E-state index contributed by atoms with van der Waals surface area (Å²) in [5.74, 6) is -0.283. The fourth-order valence-electron chi connectivity index (χ4n) is 1.88. The van der Waals surface area contributed by atoms with Crippen LogP contribution in [-0.4, -0.2) is 21.0 Å². The van der Waals surface area contributed by atoms with Gasteiger partial charge in [0.15, 0.2) is 0 Å². The number of nitrogens with zero attached hydrogens (tertiary/aromatic N) is 2. The zero-order valence-electron chi connectivity index (χ0n) is 10.3. The molecule has 0 bridgehead atoms. The Labute approximate surface area is 123 Å². The van der Waals surface area contributed by atoms with Crippen LogP contribution in [0.3, 0.4) is 0 Å². The largest absolute Gasteiger partial charge is 0.477 e. The first kappa shape index (κ1) is 13.1. The van der Waals surface area contributed by atoms with Crippen molar-refractivity contribution in [3.63, 3.8) is 0 Å². The molecule has 20 heavy (non-hydrogen) atoms. The predicted molar refractivity (Wildman–Crippen MR) is 80.4 cm³/mol. The van der Waals surface area contributed by atoms with Crippen molar-refractivity contribution in [1.82, 2.24) is 9.97 Å². The first-order chi connectivity index (χ1) is 9.75. The van der Waals surface area contributed by atoms with Gasteiger partial charge in [-0.25, -0.2) is 14.8 Å². The smallest absolute Gasteiger partial charge is 0.346 e. The Morgan fingerprint density at radius 3 is 2.95 bits per heavy atom. The number of carboxylic acids is 1. The number of thioether (sulfide) groups is 1. The number of fused-ring (bicyclic) bond motifs is 1. The number of hydrogen-bond donors (Lipinski definition) is 1. The molecule has 0 aliphatic carbocycles. The summed E-state index contributed by atoms with van der Waals surface area (Å²) in [4.78, 5) is 20.0. The van der Waals surface area contributed by atoms with Crippen LogP contribution in [-0.2, 0) is 5.75 Å². The molecule has 0 saturated heterocycles. The molecule has 0 aliphatic rings. The molecule has 1 aromatic carbocycles. The summed E-state index contributed by atoms with van der Waals surface area (Å²) in [6.07, 6.45) is 1.54. The van der Waals surface area contributed by atoms with Gasteiger partial charge in [-0.1, -0.05) is 18.2 Å². The number of para-hydroxylation sites is 1. The van der Waals surface area contributed by atoms with Crippen molar-refractivity contribution < 1.29 is 9.90 Å². The molecule has 0 atom stereocenters. The zero-order valence-corrected chi connectivity index (χ0v) is 11.9. The molecule has 0 spiro atoms. The molecule has 0 amide bonds. The maximum Gasteiger partial charge on any atom is 0.346 e. The van der Waals surface area contributed by atoms with Gasteiger partial charge >= 0.3 is 5.97 Å². The summed E-state index contributed by atoms with van der Waals surface area (Å²) in [6, 6.07) is 9.65. The number of aromatic carboxylic acids is 1. The molecular formula is C14H10N2O2S2. The van der Waals surface area contributed by atoms with Crippen LogP contribution in [0, 0.1) is 0 Å². The molecular weight excluding hydrogens is 292 g/mol. The van der Waals surface area contributed by atoms with Gasteiger partial charge in [0.1, 0.15) is 16.2 Å². The van der Waals surface area contributed by atoms with Gasteiger partial charge in [0.05, 0.1) is 5.52 Å². The van der Waals surface area contributed by atoms with Crippen LogP contribution < -0.4 is 0 Å². The Kier molecular flexibility index (Phi) is 3.66. The monoisotopic (exact) mass is 302 g/mol. The van der Waals surface area contributed by atoms with Crippen LogP contribution in [0.15, 0.2) is 47.1 Å². The van der Waals surface area contributed by atoms with E-state index in [9.17, 15) is 4.79 Å². The lowest BCUT2D eigenvalue weighted by atomic mass is 10.2. The van der Waals surface area contributed by atoms with Crippen molar-refractivity contribution >= 4 is 40.0 Å². The van der Waals surface area contributed by atoms with E-state index in [1.54, 1.807) is 5.38 Å². The SMILES string of the molecule is O=C(O)c1sccc1CSc1ncnc2ccccc12. The second kappa shape index (κ2) is 5.60. The Hall–Kier alpha value is -1.92. The van der Waals surface area contributed by atoms with E-state index in [0.717, 1.165) is 21.5 Å². The minimum absolute atomic E-state index is 0.399. The van der Waals surface area contributed by atoms with Crippen molar-refractivity contribution in [2.45, 2.75) is 10.8 Å². The number of benzene rings is 1. The lowest BCUT2D eigenvalue weighted by Crippen LogP contribution is -1.96. The zero-order chi connectivity index (χ0) is 13.9. The van der Waals surface area contributed by atoms with Crippen LogP contribution in [0.1, 0.15) is 15.2 Å². The number of thiophene rings is 1. The summed E-state index contributed by atoms with van der Waals surface area (Å²) >= 11 is 2.78. The van der Waals surface area contributed by atoms with Crippen LogP contribution in [0.2, 0.25) is 0 Å². The van der Waals surface area contributed by atoms with E-state index < -0.39 is 5.97 Å². The van der Waals surface area contributed by atoms with Crippen molar-refractivity contribution in [2.75, 3.05) is 0 Å². The van der Waals surface area contributed by atoms with E-state index >= 15 is 0 Å². The highest BCUT2D eigenvalue weighted by Crippen LogP contribution is 2.29. The average molecular weight is 302 g/mol. The fourth-order valence-corrected chi connectivity index (χ4v) is 3.71. The summed E-state index contributed by atoms with van der Waals surface area (Å²) in [5, 5.41) is 12.8. The summed E-state index contributed by atoms with van der Waals surface area (Å²) in [6.45, 7) is 0. The molecule has 0 fully saturated rings. The Balaban J connectivity index is 1.87. The second-order valence-corrected chi connectivity index (χ2v) is 5.94. The van der Waals surface area contributed by atoms with Gasteiger partial charge in [-0.15, -0.1) is 23.1 Å². The van der Waals surface area contributed by atoms with E-state index in [1.807, 2.05) is 30.3 Å². The van der Waals surface area contributed by atoms with Crippen LogP contribution in [0.4, 0.5) is 0 Å². The van der Waals surface area contributed by atoms with E-state index in [4.69, 9.17) is 5.11 Å². The Morgan fingerprint density at radius 1 is 1.25 bits per heavy atom. The van der Waals surface area contributed by atoms with Crippen molar-refractivity contribution in [3.8, 4) is 0 Å². The van der Waals surface area contributed by atoms with Gasteiger partial charge in [0.25, 0.3) is 0 Å². The molecule has 4 nitrogen and oxygen atoms in total. The summed E-state index contributed by atoms with van der Waals surface area (Å²) < 4.78 is 0. The standard InChI is InChI=1S/C14H10N2O2S2/c17-14(18)12-9(5-6-19-12)7-20-13-10-3-1-2-4-11(10)15-8-16-13/h1-6,8H,7H2,(H,17,18). The molecule has 3 aromatic rings. The third kappa shape index (κ3) is 2.52. The van der Waals surface area contributed by atoms with Crippen molar-refractivity contribution in [3.05, 3.63) is 52.5 Å². The molecule has 0 unspecified atom stereocenters. The van der Waals surface area contributed by atoms with Gasteiger partial charge in [0, 0.05) is 11.1 Å². The Bertz CT molecular complexity index is 765. The third-order valence-electron chi connectivity index (χ3n) is 2.81. The molecule has 6 heteroatoms. The lowest BCUT2D eigenvalue weighted by molar-refractivity contribution is 0.0701. The van der Waals surface area contributed by atoms with Crippen LogP contribution in [0.25, 0.3) is 10.9 Å². The minimum atomic E-state index is -0.872. The quantitative estimate of drug-likeness (QED) is 0.588. The molecule has 2 aromatic heterocycles. The number of carbonyl (C=O) groups is 1. The number of hydrogen-bond acceptors (Lipinski definition) is 5. The normalized spacial score (nSPS) is 10.8. The van der Waals surface area contributed by atoms with Crippen LogP contribution in [0.5, 0.6) is 0 Å². The molecule has 100 valence electrons. The topological polar surface area (TPSA) is 63.1 Å². The fraction of sp³-hybridized carbons (Fsp3) is 0.0714. The van der Waals surface area contributed by atoms with Gasteiger partial charge < -0.3 is 5.11 Å². The highest BCUT2D eigenvalue weighted by molar-refractivity contribution is 7.98. The van der Waals surface area contributed by atoms with Crippen molar-refractivity contribution in [2.24, 2.45) is 0 Å². The van der Waals surface area contributed by atoms with Crippen molar-refractivity contribution in [1.29, 1.82) is 0 Å². The van der Waals surface area contributed by atoms with Gasteiger partial charge in [0.2, 0.25) is 0 Å². The molecule has 1 N–H and O–H groups in total. The van der Waals surface area contributed by atoms with E-state index in [-0.39, 0.29) is 0 Å². The molecule has 0 aliphatic heterocycles. The second-order valence-electron chi connectivity index (χ2n) is 4.06. The van der Waals surface area contributed by atoms with Crippen LogP contribution >= 0.6 is 23.1 Å². The Morgan fingerprint density at radius 2 is 2.10 bits per heavy atom. The molecule has 0 saturated carbocycles. The number of aromatic nitrogens is 2. The number of rotatable bonds is 4. The predicted octanol–water partition coefficient (Wildman–Crippen LogP) is 3.68. The van der Waals surface area contributed by atoms with Gasteiger partial charge in [-0.3, -0.25) is 0 Å². The molecule has 2 heterocycles. The first-order valence-corrected chi connectivity index (χ1v) is 7.74. The maximum atomic E-state index is 11.1. The first-order valence-electron chi connectivity index (χ1n) is 5.88. The molecule has 0 radical (unpaired) electrons. The lowest BCUT2D eigenvalue weighted by Gasteiger charge is -2.04.